The highest BCUT2D eigenvalue weighted by molar-refractivity contribution is 5.93. The third-order valence-corrected chi connectivity index (χ3v) is 1.41. The van der Waals surface area contributed by atoms with E-state index < -0.39 is 0 Å². The second kappa shape index (κ2) is 2.34. The minimum Gasteiger partial charge on any atom is -0.295 e. The molecule has 0 heterocycles. The Labute approximate surface area is 55.8 Å². The fraction of sp³-hybridized carbons (Fsp3) is 0.625. The van der Waals surface area contributed by atoms with Crippen LogP contribution in [0.2, 0.25) is 0 Å². The molecule has 0 unspecified atom stereocenters. The van der Waals surface area contributed by atoms with Gasteiger partial charge in [0.2, 0.25) is 0 Å². The van der Waals surface area contributed by atoms with E-state index in [0.29, 0.717) is 11.7 Å². The molecule has 1 saturated carbocycles. The maximum Gasteiger partial charge on any atom is 0.158 e. The van der Waals surface area contributed by atoms with Gasteiger partial charge in [-0.2, -0.15) is 0 Å². The molecule has 1 aliphatic carbocycles. The molecule has 0 atom stereocenters. The van der Waals surface area contributed by atoms with Crippen LogP contribution in [0.3, 0.4) is 0 Å². The summed E-state index contributed by atoms with van der Waals surface area (Å²) >= 11 is 0. The molecule has 50 valence electrons. The predicted molar refractivity (Wildman–Crippen MR) is 37.2 cm³/mol. The van der Waals surface area contributed by atoms with Crippen LogP contribution < -0.4 is 0 Å². The summed E-state index contributed by atoms with van der Waals surface area (Å²) in [6.45, 7) is 3.92. The first-order chi connectivity index (χ1) is 4.20. The average molecular weight is 124 g/mol. The first kappa shape index (κ1) is 6.53. The average Bonchev–Trinajstić information content (AvgIpc) is 2.40. The molecule has 0 radical (unpaired) electrons. The van der Waals surface area contributed by atoms with Crippen molar-refractivity contribution in [2.24, 2.45) is 5.92 Å². The van der Waals surface area contributed by atoms with E-state index in [1.807, 2.05) is 13.8 Å². The Balaban J connectivity index is 2.42. The Hall–Kier alpha value is -0.590. The van der Waals surface area contributed by atoms with Crippen molar-refractivity contribution in [2.45, 2.75) is 26.7 Å². The van der Waals surface area contributed by atoms with Crippen molar-refractivity contribution in [3.8, 4) is 0 Å². The van der Waals surface area contributed by atoms with Crippen molar-refractivity contribution in [1.82, 2.24) is 0 Å². The SMILES string of the molecule is CC(C)=CC(=O)C1CC1. The van der Waals surface area contributed by atoms with Crippen molar-refractivity contribution in [3.05, 3.63) is 11.6 Å². The van der Waals surface area contributed by atoms with Gasteiger partial charge in [0.25, 0.3) is 0 Å². The fourth-order valence-electron chi connectivity index (χ4n) is 0.770. The molecule has 0 spiro atoms. The van der Waals surface area contributed by atoms with Crippen LogP contribution in [0.15, 0.2) is 11.6 Å². The minimum absolute atomic E-state index is 0.329. The van der Waals surface area contributed by atoms with Crippen LogP contribution in [0.1, 0.15) is 26.7 Å². The molecule has 1 rings (SSSR count). The Bertz CT molecular complexity index is 148. The normalized spacial score (nSPS) is 17.1. The Morgan fingerprint density at radius 3 is 2.33 bits per heavy atom. The Kier molecular flexibility index (Phi) is 1.70. The van der Waals surface area contributed by atoms with E-state index in [2.05, 4.69) is 0 Å². The highest BCUT2D eigenvalue weighted by Gasteiger charge is 2.27. The molecule has 1 nitrogen and oxygen atoms in total. The van der Waals surface area contributed by atoms with Crippen molar-refractivity contribution < 1.29 is 4.79 Å². The maximum absolute atomic E-state index is 10.9. The lowest BCUT2D eigenvalue weighted by Crippen LogP contribution is -1.94. The van der Waals surface area contributed by atoms with Gasteiger partial charge in [0.05, 0.1) is 0 Å². The third kappa shape index (κ3) is 2.00. The highest BCUT2D eigenvalue weighted by Crippen LogP contribution is 2.30. The summed E-state index contributed by atoms with van der Waals surface area (Å²) in [6, 6.07) is 0. The van der Waals surface area contributed by atoms with Gasteiger partial charge in [0.15, 0.2) is 5.78 Å². The van der Waals surface area contributed by atoms with Gasteiger partial charge >= 0.3 is 0 Å². The molecule has 1 fully saturated rings. The zero-order valence-corrected chi connectivity index (χ0v) is 5.98. The van der Waals surface area contributed by atoms with Crippen LogP contribution in [0.5, 0.6) is 0 Å². The first-order valence-electron chi connectivity index (χ1n) is 3.39. The smallest absolute Gasteiger partial charge is 0.158 e. The molecule has 0 aromatic heterocycles. The lowest BCUT2D eigenvalue weighted by atomic mass is 10.2. The molecule has 0 saturated heterocycles. The summed E-state index contributed by atoms with van der Waals surface area (Å²) in [5.41, 5.74) is 1.12. The summed E-state index contributed by atoms with van der Waals surface area (Å²) in [4.78, 5) is 10.9. The Morgan fingerprint density at radius 2 is 2.00 bits per heavy atom. The molecule has 0 bridgehead atoms. The van der Waals surface area contributed by atoms with Crippen LogP contribution in [-0.4, -0.2) is 5.78 Å². The van der Waals surface area contributed by atoms with Gasteiger partial charge in [-0.05, 0) is 32.8 Å². The van der Waals surface area contributed by atoms with E-state index >= 15 is 0 Å². The van der Waals surface area contributed by atoms with E-state index in [0.717, 1.165) is 18.4 Å². The van der Waals surface area contributed by atoms with E-state index in [4.69, 9.17) is 0 Å². The van der Waals surface area contributed by atoms with Gasteiger partial charge in [-0.25, -0.2) is 0 Å². The summed E-state index contributed by atoms with van der Waals surface area (Å²) in [6.07, 6.45) is 3.98. The quantitative estimate of drug-likeness (QED) is 0.514. The molecule has 0 amide bonds. The van der Waals surface area contributed by atoms with Crippen LogP contribution in [0, 0.1) is 5.92 Å². The summed E-state index contributed by atoms with van der Waals surface area (Å²) in [5.74, 6) is 0.718. The standard InChI is InChI=1S/C8H12O/c1-6(2)5-8(9)7-3-4-7/h5,7H,3-4H2,1-2H3. The lowest BCUT2D eigenvalue weighted by Gasteiger charge is -1.87. The van der Waals surface area contributed by atoms with Crippen LogP contribution in [0.25, 0.3) is 0 Å². The fourth-order valence-corrected chi connectivity index (χ4v) is 0.770. The van der Waals surface area contributed by atoms with Gasteiger partial charge in [0, 0.05) is 5.92 Å². The molecule has 0 N–H and O–H groups in total. The topological polar surface area (TPSA) is 17.1 Å². The molecule has 0 aliphatic heterocycles. The predicted octanol–water partition coefficient (Wildman–Crippen LogP) is 1.93. The van der Waals surface area contributed by atoms with E-state index in [-0.39, 0.29) is 0 Å². The maximum atomic E-state index is 10.9. The number of hydrogen-bond acceptors (Lipinski definition) is 1. The second-order valence-electron chi connectivity index (χ2n) is 2.90. The number of carbonyl (C=O) groups excluding carboxylic acids is 1. The summed E-state index contributed by atoms with van der Waals surface area (Å²) in [5, 5.41) is 0. The molecule has 1 heteroatoms. The van der Waals surface area contributed by atoms with Crippen LogP contribution >= 0.6 is 0 Å². The van der Waals surface area contributed by atoms with Gasteiger partial charge in [-0.3, -0.25) is 4.79 Å². The molecule has 0 aromatic carbocycles. The van der Waals surface area contributed by atoms with Crippen LogP contribution in [-0.2, 0) is 4.79 Å². The van der Waals surface area contributed by atoms with E-state index in [9.17, 15) is 4.79 Å². The molecular formula is C8H12O. The summed E-state index contributed by atoms with van der Waals surface area (Å²) < 4.78 is 0. The third-order valence-electron chi connectivity index (χ3n) is 1.41. The number of carbonyl (C=O) groups is 1. The van der Waals surface area contributed by atoms with Crippen molar-refractivity contribution in [1.29, 1.82) is 0 Å². The summed E-state index contributed by atoms with van der Waals surface area (Å²) in [7, 11) is 0. The van der Waals surface area contributed by atoms with Gasteiger partial charge < -0.3 is 0 Å². The molecule has 0 aromatic rings. The minimum atomic E-state index is 0.329. The van der Waals surface area contributed by atoms with Crippen molar-refractivity contribution in [2.75, 3.05) is 0 Å². The Morgan fingerprint density at radius 1 is 1.44 bits per heavy atom. The highest BCUT2D eigenvalue weighted by atomic mass is 16.1. The number of allylic oxidation sites excluding steroid dienone is 2. The molecule has 1 aliphatic rings. The first-order valence-corrected chi connectivity index (χ1v) is 3.39. The number of rotatable bonds is 2. The van der Waals surface area contributed by atoms with E-state index in [1.54, 1.807) is 6.08 Å². The second-order valence-corrected chi connectivity index (χ2v) is 2.90. The molecular weight excluding hydrogens is 112 g/mol. The van der Waals surface area contributed by atoms with Gasteiger partial charge in [-0.1, -0.05) is 5.57 Å². The largest absolute Gasteiger partial charge is 0.295 e. The molecule has 9 heavy (non-hydrogen) atoms. The number of ketones is 1. The van der Waals surface area contributed by atoms with Crippen molar-refractivity contribution in [3.63, 3.8) is 0 Å². The number of hydrogen-bond donors (Lipinski definition) is 0. The zero-order chi connectivity index (χ0) is 6.85. The van der Waals surface area contributed by atoms with Crippen LogP contribution in [0.4, 0.5) is 0 Å². The monoisotopic (exact) mass is 124 g/mol. The van der Waals surface area contributed by atoms with E-state index in [1.165, 1.54) is 0 Å². The zero-order valence-electron chi connectivity index (χ0n) is 5.98. The van der Waals surface area contributed by atoms with Crippen molar-refractivity contribution >= 4 is 5.78 Å². The van der Waals surface area contributed by atoms with Gasteiger partial charge in [0.1, 0.15) is 0 Å². The lowest BCUT2D eigenvalue weighted by molar-refractivity contribution is -0.115. The van der Waals surface area contributed by atoms with Gasteiger partial charge in [-0.15, -0.1) is 0 Å².